The number of carbonyl (C=O) groups excluding carboxylic acids is 2. The molecule has 0 bridgehead atoms. The summed E-state index contributed by atoms with van der Waals surface area (Å²) in [5.41, 5.74) is -3.07. The van der Waals surface area contributed by atoms with Crippen LogP contribution in [0.1, 0.15) is 64.4 Å². The van der Waals surface area contributed by atoms with E-state index in [0.717, 1.165) is 25.7 Å². The fourth-order valence-corrected chi connectivity index (χ4v) is 4.72. The molecule has 2 amide bonds. The Hall–Kier alpha value is -3.28. The molecule has 212 valence electrons. The number of hydrogen-bond donors (Lipinski definition) is 2. The summed E-state index contributed by atoms with van der Waals surface area (Å²) in [4.78, 5) is 28.0. The Bertz CT molecular complexity index is 1170. The molecule has 0 radical (unpaired) electrons. The van der Waals surface area contributed by atoms with Crippen molar-refractivity contribution in [3.8, 4) is 0 Å². The lowest BCUT2D eigenvalue weighted by molar-refractivity contribution is -0.143. The van der Waals surface area contributed by atoms with E-state index in [2.05, 4.69) is 22.5 Å². The van der Waals surface area contributed by atoms with Crippen LogP contribution in [0.15, 0.2) is 36.4 Å². The number of nitrogens with one attached hydrogen (secondary N) is 2. The highest BCUT2D eigenvalue weighted by Gasteiger charge is 2.37. The smallest absolute Gasteiger partial charge is 0.376 e. The van der Waals surface area contributed by atoms with E-state index in [1.165, 1.54) is 12.1 Å². The summed E-state index contributed by atoms with van der Waals surface area (Å²) in [6, 6.07) is 5.17. The van der Waals surface area contributed by atoms with E-state index in [1.54, 1.807) is 6.07 Å². The zero-order chi connectivity index (χ0) is 28.4. The van der Waals surface area contributed by atoms with E-state index in [9.17, 15) is 35.9 Å². The third kappa shape index (κ3) is 7.23. The van der Waals surface area contributed by atoms with Gasteiger partial charge < -0.3 is 20.3 Å². The van der Waals surface area contributed by atoms with Gasteiger partial charge in [-0.1, -0.05) is 6.92 Å². The molecule has 39 heavy (non-hydrogen) atoms. The van der Waals surface area contributed by atoms with Gasteiger partial charge in [0.25, 0.3) is 11.8 Å². The molecule has 4 rings (SSSR count). The van der Waals surface area contributed by atoms with Crippen LogP contribution < -0.4 is 15.5 Å². The Morgan fingerprint density at radius 3 is 2.13 bits per heavy atom. The van der Waals surface area contributed by atoms with Crippen molar-refractivity contribution >= 4 is 23.2 Å². The van der Waals surface area contributed by atoms with E-state index in [4.69, 9.17) is 4.74 Å². The number of piperidine rings is 1. The summed E-state index contributed by atoms with van der Waals surface area (Å²) in [5.74, 6) is -1.06. The number of nitrogens with zero attached hydrogens (tertiary/aromatic N) is 1. The third-order valence-electron chi connectivity index (χ3n) is 6.99. The summed E-state index contributed by atoms with van der Waals surface area (Å²) in [6.07, 6.45) is -6.73. The Balaban J connectivity index is 1.61. The van der Waals surface area contributed by atoms with Crippen LogP contribution in [-0.2, 0) is 17.1 Å². The minimum absolute atomic E-state index is 0.0401. The fourth-order valence-electron chi connectivity index (χ4n) is 4.72. The molecule has 0 aliphatic carbocycles. The lowest BCUT2D eigenvalue weighted by Crippen LogP contribution is -2.36. The normalized spacial score (nSPS) is 18.7. The number of rotatable bonds is 6. The zero-order valence-electron chi connectivity index (χ0n) is 21.2. The van der Waals surface area contributed by atoms with E-state index < -0.39 is 40.9 Å². The van der Waals surface area contributed by atoms with Gasteiger partial charge in [-0.25, -0.2) is 0 Å². The summed E-state index contributed by atoms with van der Waals surface area (Å²) < 4.78 is 85.0. The lowest BCUT2D eigenvalue weighted by atomic mass is 9.97. The SMILES string of the molecule is CC1CCN(c2ccc(NC(=O)c3cc(C(F)(F)F)cc(C(F)(F)F)c3)cc2C(=O)NCC2CCCO2)CC1. The molecule has 2 aliphatic rings. The van der Waals surface area contributed by atoms with Crippen LogP contribution in [0, 0.1) is 5.92 Å². The summed E-state index contributed by atoms with van der Waals surface area (Å²) in [7, 11) is 0. The minimum atomic E-state index is -5.09. The maximum Gasteiger partial charge on any atom is 0.416 e. The second-order valence-corrected chi connectivity index (χ2v) is 10.00. The number of halogens is 6. The van der Waals surface area contributed by atoms with Crippen molar-refractivity contribution in [2.24, 2.45) is 5.92 Å². The predicted octanol–water partition coefficient (Wildman–Crippen LogP) is 6.12. The number of amides is 2. The van der Waals surface area contributed by atoms with Crippen LogP contribution in [-0.4, -0.2) is 44.2 Å². The number of anilines is 2. The molecule has 2 aliphatic heterocycles. The molecule has 6 nitrogen and oxygen atoms in total. The number of benzene rings is 2. The van der Waals surface area contributed by atoms with Gasteiger partial charge in [0, 0.05) is 43.2 Å². The molecule has 2 aromatic rings. The summed E-state index contributed by atoms with van der Waals surface area (Å²) in [5, 5.41) is 5.18. The molecule has 0 aromatic heterocycles. The zero-order valence-corrected chi connectivity index (χ0v) is 21.2. The predicted molar refractivity (Wildman–Crippen MR) is 133 cm³/mol. The number of hydrogen-bond acceptors (Lipinski definition) is 4. The van der Waals surface area contributed by atoms with Gasteiger partial charge in [-0.15, -0.1) is 0 Å². The van der Waals surface area contributed by atoms with Crippen LogP contribution >= 0.6 is 0 Å². The molecule has 2 N–H and O–H groups in total. The van der Waals surface area contributed by atoms with Crippen LogP contribution in [0.4, 0.5) is 37.7 Å². The lowest BCUT2D eigenvalue weighted by Gasteiger charge is -2.33. The van der Waals surface area contributed by atoms with Crippen LogP contribution in [0.3, 0.4) is 0 Å². The number of alkyl halides is 6. The Morgan fingerprint density at radius 2 is 1.56 bits per heavy atom. The second-order valence-electron chi connectivity index (χ2n) is 10.00. The first-order chi connectivity index (χ1) is 18.3. The first-order valence-electron chi connectivity index (χ1n) is 12.7. The van der Waals surface area contributed by atoms with Gasteiger partial charge in [-0.2, -0.15) is 26.3 Å². The maximum absolute atomic E-state index is 13.2. The first-order valence-corrected chi connectivity index (χ1v) is 12.7. The summed E-state index contributed by atoms with van der Waals surface area (Å²) >= 11 is 0. The van der Waals surface area contributed by atoms with Crippen molar-refractivity contribution in [1.82, 2.24) is 5.32 Å². The van der Waals surface area contributed by atoms with Crippen molar-refractivity contribution in [3.05, 3.63) is 58.7 Å². The summed E-state index contributed by atoms with van der Waals surface area (Å²) in [6.45, 7) is 4.47. The largest absolute Gasteiger partial charge is 0.416 e. The molecule has 0 saturated carbocycles. The Labute approximate surface area is 221 Å². The minimum Gasteiger partial charge on any atom is -0.376 e. The average Bonchev–Trinajstić information content (AvgIpc) is 3.40. The monoisotopic (exact) mass is 557 g/mol. The maximum atomic E-state index is 13.2. The number of carbonyl (C=O) groups is 2. The quantitative estimate of drug-likeness (QED) is 0.420. The van der Waals surface area contributed by atoms with Crippen molar-refractivity contribution in [2.75, 3.05) is 36.5 Å². The van der Waals surface area contributed by atoms with Crippen molar-refractivity contribution in [1.29, 1.82) is 0 Å². The van der Waals surface area contributed by atoms with Gasteiger partial charge >= 0.3 is 12.4 Å². The average molecular weight is 558 g/mol. The van der Waals surface area contributed by atoms with Gasteiger partial charge in [0.05, 0.1) is 22.8 Å². The molecule has 1 atom stereocenters. The second kappa shape index (κ2) is 11.4. The highest BCUT2D eigenvalue weighted by atomic mass is 19.4. The molecule has 2 aromatic carbocycles. The molecular weight excluding hydrogens is 528 g/mol. The van der Waals surface area contributed by atoms with Crippen molar-refractivity contribution in [3.63, 3.8) is 0 Å². The first kappa shape index (κ1) is 28.7. The van der Waals surface area contributed by atoms with Gasteiger partial charge in [-0.05, 0) is 68.0 Å². The molecule has 2 fully saturated rings. The van der Waals surface area contributed by atoms with Gasteiger partial charge in [0.15, 0.2) is 0 Å². The molecule has 12 heteroatoms. The van der Waals surface area contributed by atoms with E-state index in [-0.39, 0.29) is 30.0 Å². The van der Waals surface area contributed by atoms with Crippen LogP contribution in [0.5, 0.6) is 0 Å². The van der Waals surface area contributed by atoms with E-state index in [1.807, 2.05) is 0 Å². The van der Waals surface area contributed by atoms with E-state index in [0.29, 0.717) is 43.4 Å². The van der Waals surface area contributed by atoms with Gasteiger partial charge in [-0.3, -0.25) is 9.59 Å². The third-order valence-corrected chi connectivity index (χ3v) is 6.99. The molecule has 2 heterocycles. The van der Waals surface area contributed by atoms with Crippen molar-refractivity contribution < 1.29 is 40.7 Å². The van der Waals surface area contributed by atoms with Gasteiger partial charge in [0.2, 0.25) is 0 Å². The molecule has 0 spiro atoms. The van der Waals surface area contributed by atoms with Crippen molar-refractivity contribution in [2.45, 2.75) is 51.1 Å². The van der Waals surface area contributed by atoms with Crippen LogP contribution in [0.25, 0.3) is 0 Å². The Kier molecular flexibility index (Phi) is 8.43. The number of ether oxygens (including phenoxy) is 1. The fraction of sp³-hybridized carbons (Fsp3) is 0.481. The molecule has 1 unspecified atom stereocenters. The standard InChI is InChI=1S/C27H29F6N3O3/c1-16-6-8-36(9-7-16)23-5-4-20(14-22(23)25(38)34-15-21-3-2-10-39-21)35-24(37)17-11-18(26(28,29)30)13-19(12-17)27(31,32)33/h4-5,11-14,16,21H,2-3,6-10,15H2,1H3,(H,34,38)(H,35,37). The highest BCUT2D eigenvalue weighted by Crippen LogP contribution is 2.37. The molecule has 2 saturated heterocycles. The highest BCUT2D eigenvalue weighted by molar-refractivity contribution is 6.06. The topological polar surface area (TPSA) is 70.7 Å². The van der Waals surface area contributed by atoms with Gasteiger partial charge in [0.1, 0.15) is 0 Å². The Morgan fingerprint density at radius 1 is 0.923 bits per heavy atom. The van der Waals surface area contributed by atoms with E-state index >= 15 is 0 Å². The molecular formula is C27H29F6N3O3. The van der Waals surface area contributed by atoms with Crippen LogP contribution in [0.2, 0.25) is 0 Å².